The first kappa shape index (κ1) is 16.0. The third-order valence-electron chi connectivity index (χ3n) is 5.69. The minimum absolute atomic E-state index is 0.622. The zero-order chi connectivity index (χ0) is 15.6. The monoisotopic (exact) mass is 380 g/mol. The van der Waals surface area contributed by atoms with Crippen LogP contribution in [-0.2, 0) is 13.6 Å². The van der Waals surface area contributed by atoms with Gasteiger partial charge in [-0.2, -0.15) is 0 Å². The number of halogens is 1. The molecule has 1 aromatic heterocycles. The molecule has 2 aromatic rings. The van der Waals surface area contributed by atoms with Gasteiger partial charge in [0.1, 0.15) is 0 Å². The van der Waals surface area contributed by atoms with E-state index in [9.17, 15) is 0 Å². The van der Waals surface area contributed by atoms with E-state index in [1.165, 1.54) is 93.2 Å². The van der Waals surface area contributed by atoms with E-state index in [2.05, 4.69) is 33.4 Å². The molecule has 4 heteroatoms. The Morgan fingerprint density at radius 2 is 1.17 bits per heavy atom. The van der Waals surface area contributed by atoms with Gasteiger partial charge in [0.15, 0.2) is 0 Å². The number of para-hydroxylation sites is 2. The number of hydrogen-bond donors (Lipinski definition) is 0. The standard InChI is InChI=1S/C19H26N2.ClH.Cu/c1-3-9-16(10-4-1)20-15-21(17-11-5-2-6-12-17)19-14-8-7-13-18(19)20;;/h7-8,13-14,16-17H,1-6,9-12H2;1H;/q;;+1/p-1. The predicted molar refractivity (Wildman–Crippen MR) is 93.3 cm³/mol. The van der Waals surface area contributed by atoms with Gasteiger partial charge in [-0.15, -0.1) is 0 Å². The van der Waals surface area contributed by atoms with Crippen molar-refractivity contribution >= 4 is 21.1 Å². The molecule has 4 rings (SSSR count). The molecular weight excluding hydrogens is 355 g/mol. The fourth-order valence-electron chi connectivity index (χ4n) is 4.57. The van der Waals surface area contributed by atoms with Gasteiger partial charge in [-0.25, -0.2) is 0 Å². The van der Waals surface area contributed by atoms with Crippen molar-refractivity contribution in [1.29, 1.82) is 0 Å². The summed E-state index contributed by atoms with van der Waals surface area (Å²) in [7, 11) is 6.41. The average Bonchev–Trinajstić information content (AvgIpc) is 2.97. The first-order valence-corrected chi connectivity index (χ1v) is 10.9. The molecular formula is C19H26ClCuN2. The van der Waals surface area contributed by atoms with E-state index < -0.39 is 0 Å². The van der Waals surface area contributed by atoms with Crippen LogP contribution in [0.4, 0.5) is 0 Å². The molecule has 2 nitrogen and oxygen atoms in total. The van der Waals surface area contributed by atoms with Gasteiger partial charge in [0.05, 0.1) is 0 Å². The van der Waals surface area contributed by atoms with Gasteiger partial charge in [0, 0.05) is 0 Å². The molecule has 0 N–H and O–H groups in total. The quantitative estimate of drug-likeness (QED) is 0.547. The second-order valence-corrected chi connectivity index (χ2v) is 8.17. The van der Waals surface area contributed by atoms with Crippen molar-refractivity contribution in [1.82, 2.24) is 9.13 Å². The van der Waals surface area contributed by atoms with Crippen LogP contribution in [0.1, 0.15) is 76.3 Å². The Morgan fingerprint density at radius 3 is 1.57 bits per heavy atom. The Kier molecular flexibility index (Phi) is 4.99. The van der Waals surface area contributed by atoms with Crippen LogP contribution in [0, 0.1) is 4.32 Å². The SMILES string of the molecule is [Cl][Cu]=[c]1n(C2CCCCC2)c2ccccc2n1C1CCCCC1. The van der Waals surface area contributed by atoms with Crippen LogP contribution >= 0.6 is 10.1 Å². The number of aromatic nitrogens is 2. The van der Waals surface area contributed by atoms with E-state index >= 15 is 0 Å². The van der Waals surface area contributed by atoms with Crippen molar-refractivity contribution in [3.63, 3.8) is 0 Å². The summed E-state index contributed by atoms with van der Waals surface area (Å²) >= 11 is 1.53. The number of hydrogen-bond acceptors (Lipinski definition) is 0. The topological polar surface area (TPSA) is 9.86 Å². The van der Waals surface area contributed by atoms with Gasteiger partial charge in [-0.1, -0.05) is 0 Å². The van der Waals surface area contributed by atoms with E-state index in [1.54, 1.807) is 0 Å². The van der Waals surface area contributed by atoms with E-state index in [0.717, 1.165) is 0 Å². The molecule has 2 aliphatic rings. The van der Waals surface area contributed by atoms with Crippen LogP contribution in [0.25, 0.3) is 11.0 Å². The molecule has 0 radical (unpaired) electrons. The summed E-state index contributed by atoms with van der Waals surface area (Å²) in [5, 5.41) is 0. The molecule has 2 saturated carbocycles. The molecule has 23 heavy (non-hydrogen) atoms. The predicted octanol–water partition coefficient (Wildman–Crippen LogP) is 6.22. The van der Waals surface area contributed by atoms with Crippen molar-refractivity contribution in [3.05, 3.63) is 28.6 Å². The number of rotatable bonds is 2. The van der Waals surface area contributed by atoms with Crippen LogP contribution in [-0.4, -0.2) is 9.13 Å². The van der Waals surface area contributed by atoms with Crippen molar-refractivity contribution < 1.29 is 13.6 Å². The number of nitrogens with zero attached hydrogens (tertiary/aromatic N) is 2. The Balaban J connectivity index is 1.91. The first-order chi connectivity index (χ1) is 11.4. The van der Waals surface area contributed by atoms with Crippen LogP contribution in [0.5, 0.6) is 0 Å². The summed E-state index contributed by atoms with van der Waals surface area (Å²) in [5.74, 6) is 0. The van der Waals surface area contributed by atoms with Crippen molar-refractivity contribution in [3.8, 4) is 0 Å². The molecule has 0 atom stereocenters. The fourth-order valence-corrected chi connectivity index (χ4v) is 5.76. The first-order valence-electron chi connectivity index (χ1n) is 9.14. The van der Waals surface area contributed by atoms with Crippen LogP contribution < -0.4 is 0 Å². The van der Waals surface area contributed by atoms with Crippen molar-refractivity contribution in [2.45, 2.75) is 76.3 Å². The van der Waals surface area contributed by atoms with Gasteiger partial charge < -0.3 is 0 Å². The summed E-state index contributed by atoms with van der Waals surface area (Å²) in [6, 6.07) is 10.2. The molecule has 0 spiro atoms. The Labute approximate surface area is 148 Å². The van der Waals surface area contributed by atoms with Gasteiger partial charge in [-0.3, -0.25) is 0 Å². The van der Waals surface area contributed by atoms with Crippen LogP contribution in [0.15, 0.2) is 24.3 Å². The van der Waals surface area contributed by atoms with E-state index in [4.69, 9.17) is 10.1 Å². The molecule has 130 valence electrons. The van der Waals surface area contributed by atoms with Crippen LogP contribution in [0.3, 0.4) is 0 Å². The second kappa shape index (κ2) is 7.17. The average molecular weight is 381 g/mol. The summed E-state index contributed by atoms with van der Waals surface area (Å²) in [6.45, 7) is 0. The molecule has 0 saturated heterocycles. The summed E-state index contributed by atoms with van der Waals surface area (Å²) in [6.07, 6.45) is 13.4. The van der Waals surface area contributed by atoms with Gasteiger partial charge in [-0.05, 0) is 0 Å². The van der Waals surface area contributed by atoms with E-state index in [0.29, 0.717) is 12.1 Å². The Bertz CT molecular complexity index is 675. The van der Waals surface area contributed by atoms with Crippen molar-refractivity contribution in [2.75, 3.05) is 0 Å². The normalized spacial score (nSPS) is 21.3. The number of fused-ring (bicyclic) bond motifs is 1. The third kappa shape index (κ3) is 2.97. The number of imidazole rings is 1. The molecule has 1 heterocycles. The molecule has 0 unspecified atom stereocenters. The molecule has 2 aliphatic carbocycles. The summed E-state index contributed by atoms with van der Waals surface area (Å²) in [4.78, 5) is 0. The third-order valence-corrected chi connectivity index (χ3v) is 6.73. The molecule has 0 amide bonds. The molecule has 1 aromatic carbocycles. The van der Waals surface area contributed by atoms with E-state index in [-0.39, 0.29) is 0 Å². The fraction of sp³-hybridized carbons (Fsp3) is 0.632. The van der Waals surface area contributed by atoms with Gasteiger partial charge >= 0.3 is 149 Å². The maximum atomic E-state index is 6.41. The Hall–Kier alpha value is -0.501. The van der Waals surface area contributed by atoms with Gasteiger partial charge in [0.2, 0.25) is 0 Å². The summed E-state index contributed by atoms with van der Waals surface area (Å²) < 4.78 is 6.39. The molecule has 0 aliphatic heterocycles. The second-order valence-electron chi connectivity index (χ2n) is 7.10. The van der Waals surface area contributed by atoms with Crippen molar-refractivity contribution in [2.24, 2.45) is 0 Å². The zero-order valence-electron chi connectivity index (χ0n) is 13.6. The maximum absolute atomic E-state index is 6.41. The zero-order valence-corrected chi connectivity index (χ0v) is 15.3. The van der Waals surface area contributed by atoms with Crippen LogP contribution in [0.2, 0.25) is 0 Å². The Morgan fingerprint density at radius 1 is 0.739 bits per heavy atom. The minimum atomic E-state index is 0.622. The summed E-state index contributed by atoms with van der Waals surface area (Å²) in [5.41, 5.74) is 2.76. The van der Waals surface area contributed by atoms with Gasteiger partial charge in [0.25, 0.3) is 0 Å². The number of benzene rings is 1. The van der Waals surface area contributed by atoms with E-state index in [1.807, 2.05) is 0 Å². The molecule has 2 fully saturated rings. The molecule has 0 bridgehead atoms.